The topological polar surface area (TPSA) is 160 Å². The van der Waals surface area contributed by atoms with Crippen LogP contribution >= 0.6 is 23.5 Å². The molecule has 2 atom stereocenters. The number of hydrogen-bond donors (Lipinski definition) is 4. The van der Waals surface area contributed by atoms with Crippen LogP contribution in [-0.4, -0.2) is 26.2 Å². The van der Waals surface area contributed by atoms with Gasteiger partial charge in [0.1, 0.15) is 6.61 Å². The van der Waals surface area contributed by atoms with Gasteiger partial charge in [-0.2, -0.15) is 8.62 Å². The predicted octanol–water partition coefficient (Wildman–Crippen LogP) is -0.0371. The molecule has 0 rings (SSSR count). The summed E-state index contributed by atoms with van der Waals surface area (Å²) in [6.45, 7) is -0.719. The summed E-state index contributed by atoms with van der Waals surface area (Å²) in [6, 6.07) is 0. The highest BCUT2D eigenvalue weighted by Gasteiger charge is 2.40. The van der Waals surface area contributed by atoms with Gasteiger partial charge >= 0.3 is 23.5 Å². The third-order valence-corrected chi connectivity index (χ3v) is 4.51. The molecule has 0 saturated carbocycles. The lowest BCUT2D eigenvalue weighted by Gasteiger charge is -2.14. The van der Waals surface area contributed by atoms with E-state index in [2.05, 4.69) is 19.6 Å². The molecule has 0 aliphatic rings. The van der Waals surface area contributed by atoms with Gasteiger partial charge in [0.05, 0.1) is 0 Å². The van der Waals surface area contributed by atoms with Gasteiger partial charge in [-0.15, -0.1) is 6.42 Å². The number of terminal acetylenes is 1. The molecule has 4 N–H and O–H groups in total. The Labute approximate surface area is 89.6 Å². The summed E-state index contributed by atoms with van der Waals surface area (Å²) < 4.78 is 42.4. The van der Waals surface area contributed by atoms with Crippen molar-refractivity contribution in [1.29, 1.82) is 0 Å². The molecule has 0 aliphatic heterocycles. The molecule has 16 heavy (non-hydrogen) atoms. The first-order chi connectivity index (χ1) is 6.97. The average molecular weight is 296 g/mol. The van der Waals surface area contributed by atoms with Crippen molar-refractivity contribution in [2.45, 2.75) is 0 Å². The molecular weight excluding hydrogens is 289 g/mol. The molecule has 0 fully saturated rings. The van der Waals surface area contributed by atoms with Gasteiger partial charge in [-0.3, -0.25) is 4.52 Å². The number of phosphoric acid groups is 3. The zero-order chi connectivity index (χ0) is 13.0. The van der Waals surface area contributed by atoms with E-state index >= 15 is 0 Å². The second kappa shape index (κ2) is 5.54. The Morgan fingerprint density at radius 1 is 1.00 bits per heavy atom. The Morgan fingerprint density at radius 2 is 1.50 bits per heavy atom. The number of rotatable bonds is 6. The summed E-state index contributed by atoms with van der Waals surface area (Å²) in [6.07, 6.45) is 4.65. The fourth-order valence-corrected chi connectivity index (χ4v) is 3.35. The molecule has 94 valence electrons. The predicted molar refractivity (Wildman–Crippen MR) is 48.6 cm³/mol. The Balaban J connectivity index is 4.60. The minimum absolute atomic E-state index is 0.719. The summed E-state index contributed by atoms with van der Waals surface area (Å²) in [5.74, 6) is 1.76. The summed E-state index contributed by atoms with van der Waals surface area (Å²) in [5, 5.41) is 0. The molecule has 0 aromatic heterocycles. The minimum atomic E-state index is -5.45. The molecule has 2 unspecified atom stereocenters. The average Bonchev–Trinajstić information content (AvgIpc) is 1.93. The summed E-state index contributed by atoms with van der Waals surface area (Å²) >= 11 is 0. The van der Waals surface area contributed by atoms with Gasteiger partial charge in [0.25, 0.3) is 0 Å². The van der Waals surface area contributed by atoms with Gasteiger partial charge in [0, 0.05) is 0 Å². The summed E-state index contributed by atoms with van der Waals surface area (Å²) in [4.78, 5) is 33.7. The Hall–Kier alpha value is -0.0300. The van der Waals surface area contributed by atoms with Crippen molar-refractivity contribution in [2.24, 2.45) is 0 Å². The smallest absolute Gasteiger partial charge is 0.302 e. The maximum atomic E-state index is 10.8. The van der Waals surface area contributed by atoms with Gasteiger partial charge in [-0.05, 0) is 0 Å². The second-order valence-electron chi connectivity index (χ2n) is 2.07. The third kappa shape index (κ3) is 8.16. The van der Waals surface area contributed by atoms with E-state index in [0.29, 0.717) is 0 Å². The summed E-state index contributed by atoms with van der Waals surface area (Å²) in [5.41, 5.74) is 0. The van der Waals surface area contributed by atoms with Crippen LogP contribution in [0.15, 0.2) is 0 Å². The third-order valence-electron chi connectivity index (χ3n) is 0.727. The van der Waals surface area contributed by atoms with Gasteiger partial charge < -0.3 is 19.6 Å². The lowest BCUT2D eigenvalue weighted by Crippen LogP contribution is -1.96. The van der Waals surface area contributed by atoms with Crippen molar-refractivity contribution >= 4 is 23.5 Å². The molecule has 10 nitrogen and oxygen atoms in total. The maximum Gasteiger partial charge on any atom is 0.490 e. The van der Waals surface area contributed by atoms with E-state index in [1.807, 2.05) is 0 Å². The SMILES string of the molecule is C#CCOP(=O)(O)OP(=O)(O)OP(=O)(O)O. The molecule has 0 heterocycles. The van der Waals surface area contributed by atoms with Gasteiger partial charge in [-0.1, -0.05) is 5.92 Å². The van der Waals surface area contributed by atoms with Crippen LogP contribution in [-0.2, 0) is 26.8 Å². The lowest BCUT2D eigenvalue weighted by atomic mass is 10.8. The van der Waals surface area contributed by atoms with Gasteiger partial charge in [-0.25, -0.2) is 13.7 Å². The highest BCUT2D eigenvalue weighted by atomic mass is 31.3. The highest BCUT2D eigenvalue weighted by molar-refractivity contribution is 7.66. The molecule has 0 saturated heterocycles. The standard InChI is InChI=1S/C3H7O10P3/c1-2-3-11-15(7,8)13-16(9,10)12-14(4,5)6/h1H,3H2,(H,7,8)(H,9,10)(H2,4,5,6). The second-order valence-corrected chi connectivity index (χ2v) is 6.49. The van der Waals surface area contributed by atoms with E-state index in [4.69, 9.17) is 19.6 Å². The van der Waals surface area contributed by atoms with Crippen molar-refractivity contribution in [3.8, 4) is 12.3 Å². The van der Waals surface area contributed by atoms with Crippen LogP contribution in [0.25, 0.3) is 0 Å². The number of hydrogen-bond acceptors (Lipinski definition) is 6. The molecule has 0 aliphatic carbocycles. The molecule has 0 bridgehead atoms. The van der Waals surface area contributed by atoms with Crippen molar-refractivity contribution in [3.05, 3.63) is 0 Å². The molecule has 0 aromatic carbocycles. The van der Waals surface area contributed by atoms with E-state index in [1.54, 1.807) is 5.92 Å². The van der Waals surface area contributed by atoms with Crippen LogP contribution in [0.5, 0.6) is 0 Å². The van der Waals surface area contributed by atoms with Crippen molar-refractivity contribution < 1.29 is 46.4 Å². The lowest BCUT2D eigenvalue weighted by molar-refractivity contribution is 0.183. The van der Waals surface area contributed by atoms with Crippen LogP contribution in [0.1, 0.15) is 0 Å². The van der Waals surface area contributed by atoms with Crippen molar-refractivity contribution in [1.82, 2.24) is 0 Å². The normalized spacial score (nSPS) is 19.4. The van der Waals surface area contributed by atoms with E-state index in [9.17, 15) is 13.7 Å². The molecule has 0 aromatic rings. The highest BCUT2D eigenvalue weighted by Crippen LogP contribution is 2.66. The Morgan fingerprint density at radius 3 is 1.88 bits per heavy atom. The van der Waals surface area contributed by atoms with Crippen LogP contribution in [0.3, 0.4) is 0 Å². The Kier molecular flexibility index (Phi) is 5.53. The maximum absolute atomic E-state index is 10.8. The van der Waals surface area contributed by atoms with E-state index in [0.717, 1.165) is 0 Å². The van der Waals surface area contributed by atoms with Crippen LogP contribution in [0.2, 0.25) is 0 Å². The molecular formula is C3H7O10P3. The largest absolute Gasteiger partial charge is 0.490 e. The number of phosphoric ester groups is 1. The zero-order valence-corrected chi connectivity index (χ0v) is 10.0. The van der Waals surface area contributed by atoms with Crippen molar-refractivity contribution in [2.75, 3.05) is 6.61 Å². The van der Waals surface area contributed by atoms with Crippen molar-refractivity contribution in [3.63, 3.8) is 0 Å². The monoisotopic (exact) mass is 296 g/mol. The molecule has 0 spiro atoms. The molecule has 13 heteroatoms. The quantitative estimate of drug-likeness (QED) is 0.386. The minimum Gasteiger partial charge on any atom is -0.302 e. The first-order valence-corrected chi connectivity index (χ1v) is 7.71. The van der Waals surface area contributed by atoms with E-state index in [1.165, 1.54) is 0 Å². The molecule has 0 radical (unpaired) electrons. The van der Waals surface area contributed by atoms with Crippen LogP contribution in [0, 0.1) is 12.3 Å². The van der Waals surface area contributed by atoms with Crippen LogP contribution < -0.4 is 0 Å². The zero-order valence-electron chi connectivity index (χ0n) is 7.36. The first kappa shape index (κ1) is 16.0. The Bertz CT molecular complexity index is 414. The van der Waals surface area contributed by atoms with E-state index in [-0.39, 0.29) is 0 Å². The van der Waals surface area contributed by atoms with Gasteiger partial charge in [0.15, 0.2) is 0 Å². The summed E-state index contributed by atoms with van der Waals surface area (Å²) in [7, 11) is -15.9. The first-order valence-electron chi connectivity index (χ1n) is 3.19. The van der Waals surface area contributed by atoms with Crippen LogP contribution in [0.4, 0.5) is 0 Å². The van der Waals surface area contributed by atoms with Gasteiger partial charge in [0.2, 0.25) is 0 Å². The molecule has 0 amide bonds. The fraction of sp³-hybridized carbons (Fsp3) is 0.333. The van der Waals surface area contributed by atoms with E-state index < -0.39 is 30.1 Å². The fourth-order valence-electron chi connectivity index (χ4n) is 0.422.